The molecule has 7 heteroatoms. The predicted molar refractivity (Wildman–Crippen MR) is 108 cm³/mol. The molecule has 3 aromatic rings. The number of aromatic nitrogens is 3. The number of benzene rings is 2. The summed E-state index contributed by atoms with van der Waals surface area (Å²) < 4.78 is 2.99. The topological polar surface area (TPSA) is 83.9 Å². The van der Waals surface area contributed by atoms with Gasteiger partial charge < -0.3 is 4.90 Å². The fourth-order valence-electron chi connectivity index (χ4n) is 3.81. The molecule has 0 saturated carbocycles. The molecule has 1 amide bonds. The van der Waals surface area contributed by atoms with Gasteiger partial charge in [0.1, 0.15) is 5.82 Å². The van der Waals surface area contributed by atoms with Crippen LogP contribution in [0.3, 0.4) is 0 Å². The second kappa shape index (κ2) is 7.76. The van der Waals surface area contributed by atoms with E-state index in [2.05, 4.69) is 11.2 Å². The van der Waals surface area contributed by atoms with E-state index in [-0.39, 0.29) is 17.5 Å². The first-order chi connectivity index (χ1) is 14.1. The fourth-order valence-corrected chi connectivity index (χ4v) is 3.81. The molecule has 29 heavy (non-hydrogen) atoms. The third kappa shape index (κ3) is 3.57. The first kappa shape index (κ1) is 18.7. The summed E-state index contributed by atoms with van der Waals surface area (Å²) in [5.41, 5.74) is 1.67. The molecule has 4 rings (SSSR count). The van der Waals surface area contributed by atoms with Crippen molar-refractivity contribution in [3.63, 3.8) is 0 Å². The number of amides is 1. The lowest BCUT2D eigenvalue weighted by Crippen LogP contribution is -2.40. The number of para-hydroxylation sites is 1. The van der Waals surface area contributed by atoms with Crippen LogP contribution in [0, 0.1) is 11.3 Å². The molecular formula is C22H21N5O2. The van der Waals surface area contributed by atoms with Gasteiger partial charge in [-0.05, 0) is 49.2 Å². The molecule has 0 radical (unpaired) electrons. The van der Waals surface area contributed by atoms with Crippen molar-refractivity contribution in [1.29, 1.82) is 5.26 Å². The van der Waals surface area contributed by atoms with Gasteiger partial charge in [0.15, 0.2) is 0 Å². The highest BCUT2D eigenvalue weighted by Gasteiger charge is 2.30. The third-order valence-electron chi connectivity index (χ3n) is 5.30. The van der Waals surface area contributed by atoms with Gasteiger partial charge in [0.25, 0.3) is 5.91 Å². The predicted octanol–water partition coefficient (Wildman–Crippen LogP) is 2.46. The normalized spacial score (nSPS) is 16.4. The molecule has 0 spiro atoms. The maximum Gasteiger partial charge on any atom is 0.350 e. The van der Waals surface area contributed by atoms with Crippen molar-refractivity contribution < 1.29 is 4.79 Å². The minimum atomic E-state index is -0.193. The molecule has 1 saturated heterocycles. The van der Waals surface area contributed by atoms with E-state index in [0.717, 1.165) is 18.5 Å². The van der Waals surface area contributed by atoms with E-state index in [4.69, 9.17) is 5.26 Å². The molecule has 1 aliphatic heterocycles. The second-order valence-electron chi connectivity index (χ2n) is 7.21. The van der Waals surface area contributed by atoms with Gasteiger partial charge in [0.2, 0.25) is 0 Å². The van der Waals surface area contributed by atoms with Gasteiger partial charge >= 0.3 is 5.69 Å². The van der Waals surface area contributed by atoms with Crippen LogP contribution in [-0.4, -0.2) is 38.2 Å². The number of nitriles is 1. The summed E-state index contributed by atoms with van der Waals surface area (Å²) in [4.78, 5) is 27.4. The Morgan fingerprint density at radius 2 is 1.86 bits per heavy atom. The van der Waals surface area contributed by atoms with Crippen LogP contribution in [0.2, 0.25) is 0 Å². The number of hydrogen-bond donors (Lipinski definition) is 0. The van der Waals surface area contributed by atoms with Gasteiger partial charge in [-0.15, -0.1) is 0 Å². The van der Waals surface area contributed by atoms with Crippen LogP contribution in [0.5, 0.6) is 0 Å². The molecule has 1 aliphatic rings. The van der Waals surface area contributed by atoms with E-state index in [9.17, 15) is 9.59 Å². The average Bonchev–Trinajstić information content (AvgIpc) is 3.08. The van der Waals surface area contributed by atoms with Crippen LogP contribution in [-0.2, 0) is 7.05 Å². The summed E-state index contributed by atoms with van der Waals surface area (Å²) in [5.74, 6) is 0.588. The Morgan fingerprint density at radius 1 is 1.14 bits per heavy atom. The molecule has 7 nitrogen and oxygen atoms in total. The number of piperidine rings is 1. The van der Waals surface area contributed by atoms with Crippen molar-refractivity contribution in [2.24, 2.45) is 7.05 Å². The number of nitrogens with zero attached hydrogens (tertiary/aromatic N) is 5. The molecule has 1 aromatic heterocycles. The minimum absolute atomic E-state index is 0.0276. The Hall–Kier alpha value is -3.66. The van der Waals surface area contributed by atoms with E-state index in [1.807, 2.05) is 35.2 Å². The first-order valence-electron chi connectivity index (χ1n) is 9.59. The number of carbonyl (C=O) groups is 1. The van der Waals surface area contributed by atoms with Crippen LogP contribution >= 0.6 is 0 Å². The summed E-state index contributed by atoms with van der Waals surface area (Å²) >= 11 is 0. The SMILES string of the molecule is Cn1nc(C2CCCN(C(=O)c3ccc(C#N)cc3)C2)n(-c2ccccc2)c1=O. The van der Waals surface area contributed by atoms with Gasteiger partial charge in [0, 0.05) is 31.6 Å². The number of carbonyl (C=O) groups excluding carboxylic acids is 1. The van der Waals surface area contributed by atoms with Crippen LogP contribution in [0.1, 0.15) is 40.5 Å². The van der Waals surface area contributed by atoms with Crippen molar-refractivity contribution in [3.8, 4) is 11.8 Å². The minimum Gasteiger partial charge on any atom is -0.338 e. The maximum absolute atomic E-state index is 13.0. The van der Waals surface area contributed by atoms with Gasteiger partial charge in [-0.3, -0.25) is 4.79 Å². The highest BCUT2D eigenvalue weighted by atomic mass is 16.2. The summed E-state index contributed by atoms with van der Waals surface area (Å²) in [6.45, 7) is 1.17. The lowest BCUT2D eigenvalue weighted by Gasteiger charge is -2.32. The van der Waals surface area contributed by atoms with Crippen molar-refractivity contribution >= 4 is 5.91 Å². The van der Waals surface area contributed by atoms with E-state index in [0.29, 0.717) is 30.0 Å². The lowest BCUT2D eigenvalue weighted by molar-refractivity contribution is 0.0704. The van der Waals surface area contributed by atoms with Gasteiger partial charge in [-0.2, -0.15) is 10.4 Å². The van der Waals surface area contributed by atoms with E-state index in [1.165, 1.54) is 4.68 Å². The Labute approximate surface area is 168 Å². The molecule has 2 heterocycles. The summed E-state index contributed by atoms with van der Waals surface area (Å²) in [5, 5.41) is 13.4. The van der Waals surface area contributed by atoms with Gasteiger partial charge in [-0.1, -0.05) is 18.2 Å². The third-order valence-corrected chi connectivity index (χ3v) is 5.30. The zero-order valence-electron chi connectivity index (χ0n) is 16.2. The second-order valence-corrected chi connectivity index (χ2v) is 7.21. The van der Waals surface area contributed by atoms with Gasteiger partial charge in [-0.25, -0.2) is 14.0 Å². The van der Waals surface area contributed by atoms with E-state index in [1.54, 1.807) is 35.9 Å². The van der Waals surface area contributed by atoms with E-state index >= 15 is 0 Å². The Bertz CT molecular complexity index is 1120. The Balaban J connectivity index is 1.62. The first-order valence-corrected chi connectivity index (χ1v) is 9.59. The number of likely N-dealkylation sites (tertiary alicyclic amines) is 1. The van der Waals surface area contributed by atoms with Crippen LogP contribution in [0.25, 0.3) is 5.69 Å². The summed E-state index contributed by atoms with van der Waals surface area (Å²) in [6, 6.07) is 18.2. The van der Waals surface area contributed by atoms with Crippen LogP contribution < -0.4 is 5.69 Å². The van der Waals surface area contributed by atoms with Crippen molar-refractivity contribution in [2.45, 2.75) is 18.8 Å². The van der Waals surface area contributed by atoms with Crippen molar-refractivity contribution in [1.82, 2.24) is 19.2 Å². The molecule has 1 atom stereocenters. The van der Waals surface area contributed by atoms with Gasteiger partial charge in [0.05, 0.1) is 17.3 Å². The zero-order chi connectivity index (χ0) is 20.4. The number of hydrogen-bond acceptors (Lipinski definition) is 4. The highest BCUT2D eigenvalue weighted by Crippen LogP contribution is 2.27. The lowest BCUT2D eigenvalue weighted by atomic mass is 9.96. The number of rotatable bonds is 3. The van der Waals surface area contributed by atoms with Crippen LogP contribution in [0.4, 0.5) is 0 Å². The smallest absolute Gasteiger partial charge is 0.338 e. The molecule has 1 fully saturated rings. The molecule has 0 bridgehead atoms. The average molecular weight is 387 g/mol. The van der Waals surface area contributed by atoms with E-state index < -0.39 is 0 Å². The summed E-state index contributed by atoms with van der Waals surface area (Å²) in [6.07, 6.45) is 1.70. The Morgan fingerprint density at radius 3 is 2.55 bits per heavy atom. The quantitative estimate of drug-likeness (QED) is 0.691. The maximum atomic E-state index is 13.0. The van der Waals surface area contributed by atoms with Crippen molar-refractivity contribution in [3.05, 3.63) is 82.0 Å². The largest absolute Gasteiger partial charge is 0.350 e. The Kier molecular flexibility index (Phi) is 5.00. The summed E-state index contributed by atoms with van der Waals surface area (Å²) in [7, 11) is 1.65. The fraction of sp³-hybridized carbons (Fsp3) is 0.273. The molecule has 2 aromatic carbocycles. The molecule has 146 valence electrons. The van der Waals surface area contributed by atoms with Crippen LogP contribution in [0.15, 0.2) is 59.4 Å². The number of aryl methyl sites for hydroxylation is 1. The van der Waals surface area contributed by atoms with Crippen molar-refractivity contribution in [2.75, 3.05) is 13.1 Å². The molecular weight excluding hydrogens is 366 g/mol. The highest BCUT2D eigenvalue weighted by molar-refractivity contribution is 5.94. The zero-order valence-corrected chi connectivity index (χ0v) is 16.2. The monoisotopic (exact) mass is 387 g/mol. The molecule has 1 unspecified atom stereocenters. The standard InChI is InChI=1S/C22H21N5O2/c1-25-22(29)27(19-7-3-2-4-8-19)20(24-25)18-6-5-13-26(15-18)21(28)17-11-9-16(14-23)10-12-17/h2-4,7-12,18H,5-6,13,15H2,1H3. The molecule has 0 aliphatic carbocycles. The molecule has 0 N–H and O–H groups in total.